The maximum atomic E-state index is 14.9. The molecule has 0 aliphatic rings. The van der Waals surface area contributed by atoms with Gasteiger partial charge in [-0.3, -0.25) is 9.59 Å². The highest BCUT2D eigenvalue weighted by Gasteiger charge is 2.18. The van der Waals surface area contributed by atoms with Crippen molar-refractivity contribution in [3.05, 3.63) is 124 Å². The minimum Gasteiger partial charge on any atom is -0.453 e. The molecule has 9 heteroatoms. The van der Waals surface area contributed by atoms with Crippen LogP contribution in [0.15, 0.2) is 102 Å². The number of carbonyl (C=O) groups is 1. The van der Waals surface area contributed by atoms with Crippen LogP contribution in [-0.2, 0) is 0 Å². The number of hydrogen-bond donors (Lipinski definition) is 2. The number of aromatic amines is 1. The molecule has 2 N–H and O–H groups in total. The highest BCUT2D eigenvalue weighted by atomic mass is 35.5. The van der Waals surface area contributed by atoms with Gasteiger partial charge in [0.1, 0.15) is 17.0 Å². The number of fused-ring (bicyclic) bond motifs is 2. The first-order valence-electron chi connectivity index (χ1n) is 11.6. The predicted octanol–water partition coefficient (Wildman–Crippen LogP) is 6.70. The fraction of sp³-hybridized carbons (Fsp3) is 0. The minimum atomic E-state index is -0.680. The molecule has 6 rings (SSSR count). The smallest absolute Gasteiger partial charge is 0.261 e. The van der Waals surface area contributed by atoms with Crippen molar-refractivity contribution in [3.63, 3.8) is 0 Å². The average molecular weight is 525 g/mol. The monoisotopic (exact) mass is 524 g/mol. The Morgan fingerprint density at radius 3 is 2.61 bits per heavy atom. The molecule has 3 aromatic heterocycles. The number of rotatable bonds is 5. The Balaban J connectivity index is 1.32. The Morgan fingerprint density at radius 2 is 1.79 bits per heavy atom. The summed E-state index contributed by atoms with van der Waals surface area (Å²) < 4.78 is 22.4. The van der Waals surface area contributed by atoms with Gasteiger partial charge < -0.3 is 19.6 Å². The summed E-state index contributed by atoms with van der Waals surface area (Å²) >= 11 is 6.04. The summed E-state index contributed by atoms with van der Waals surface area (Å²) in [5.74, 6) is -0.932. The Kier molecular flexibility index (Phi) is 5.86. The summed E-state index contributed by atoms with van der Waals surface area (Å²) in [6, 6.07) is 21.5. The van der Waals surface area contributed by atoms with E-state index in [9.17, 15) is 14.0 Å². The summed E-state index contributed by atoms with van der Waals surface area (Å²) in [7, 11) is 0. The second kappa shape index (κ2) is 9.49. The molecular formula is C29H18ClFN4O3. The lowest BCUT2D eigenvalue weighted by Crippen LogP contribution is -2.23. The second-order valence-corrected chi connectivity index (χ2v) is 8.92. The standard InChI is InChI=1S/C29H18ClFN4O3/c30-17-5-8-19(9-6-17)35-16-22(27(36)20-3-1-2-4-24(20)35)29(37)34-18-7-10-26(23(31)15-18)38-25-12-14-33-28-21(25)11-13-32-28/h1-16H,(H,32,33)(H,34,37). The molecule has 6 aromatic rings. The minimum absolute atomic E-state index is 0.0208. The number of H-pyrrole nitrogens is 1. The lowest BCUT2D eigenvalue weighted by atomic mass is 10.1. The molecule has 0 unspecified atom stereocenters. The van der Waals surface area contributed by atoms with Crippen molar-refractivity contribution in [3.8, 4) is 17.2 Å². The molecular weight excluding hydrogens is 507 g/mol. The molecule has 186 valence electrons. The van der Waals surface area contributed by atoms with Gasteiger partial charge in [-0.05, 0) is 60.7 Å². The number of hydrogen-bond acceptors (Lipinski definition) is 4. The molecule has 3 heterocycles. The van der Waals surface area contributed by atoms with Gasteiger partial charge in [-0.15, -0.1) is 0 Å². The Hall–Kier alpha value is -4.95. The van der Waals surface area contributed by atoms with E-state index in [0.717, 1.165) is 11.8 Å². The van der Waals surface area contributed by atoms with Gasteiger partial charge in [0.15, 0.2) is 11.6 Å². The SMILES string of the molecule is O=C(Nc1ccc(Oc2ccnc3[nH]ccc23)c(F)c1)c1cn(-c2ccc(Cl)cc2)c2ccccc2c1=O. The zero-order valence-electron chi connectivity index (χ0n) is 19.6. The Morgan fingerprint density at radius 1 is 0.974 bits per heavy atom. The molecule has 7 nitrogen and oxygen atoms in total. The van der Waals surface area contributed by atoms with E-state index in [4.69, 9.17) is 16.3 Å². The van der Waals surface area contributed by atoms with E-state index in [1.54, 1.807) is 71.6 Å². The lowest BCUT2D eigenvalue weighted by Gasteiger charge is -2.14. The number of aromatic nitrogens is 3. The van der Waals surface area contributed by atoms with Crippen LogP contribution in [0.3, 0.4) is 0 Å². The summed E-state index contributed by atoms with van der Waals surface area (Å²) in [6.07, 6.45) is 4.75. The van der Waals surface area contributed by atoms with Crippen LogP contribution in [0.1, 0.15) is 10.4 Å². The fourth-order valence-electron chi connectivity index (χ4n) is 4.26. The summed E-state index contributed by atoms with van der Waals surface area (Å²) in [5, 5.41) is 4.27. The first-order chi connectivity index (χ1) is 18.5. The molecule has 0 fully saturated rings. The van der Waals surface area contributed by atoms with E-state index in [1.165, 1.54) is 18.3 Å². The normalized spacial score (nSPS) is 11.1. The third-order valence-electron chi connectivity index (χ3n) is 6.09. The van der Waals surface area contributed by atoms with Crippen molar-refractivity contribution in [2.45, 2.75) is 0 Å². The Bertz CT molecular complexity index is 1900. The lowest BCUT2D eigenvalue weighted by molar-refractivity contribution is 0.102. The topological polar surface area (TPSA) is 89.0 Å². The van der Waals surface area contributed by atoms with E-state index in [2.05, 4.69) is 15.3 Å². The molecule has 0 radical (unpaired) electrons. The van der Waals surface area contributed by atoms with Crippen LogP contribution in [0.2, 0.25) is 5.02 Å². The third kappa shape index (κ3) is 4.27. The number of nitrogens with one attached hydrogen (secondary N) is 2. The van der Waals surface area contributed by atoms with Gasteiger partial charge in [0.2, 0.25) is 5.43 Å². The molecule has 38 heavy (non-hydrogen) atoms. The molecule has 0 spiro atoms. The van der Waals surface area contributed by atoms with Crippen LogP contribution in [-0.4, -0.2) is 20.4 Å². The molecule has 3 aromatic carbocycles. The molecule has 0 atom stereocenters. The number of carbonyl (C=O) groups excluding carboxylic acids is 1. The van der Waals surface area contributed by atoms with E-state index < -0.39 is 17.2 Å². The maximum absolute atomic E-state index is 14.9. The molecule has 0 saturated carbocycles. The predicted molar refractivity (Wildman–Crippen MR) is 145 cm³/mol. The first kappa shape index (κ1) is 23.4. The number of amides is 1. The molecule has 1 amide bonds. The molecule has 0 saturated heterocycles. The van der Waals surface area contributed by atoms with Gasteiger partial charge in [0.25, 0.3) is 5.91 Å². The van der Waals surface area contributed by atoms with Crippen LogP contribution in [0.25, 0.3) is 27.6 Å². The van der Waals surface area contributed by atoms with Gasteiger partial charge in [-0.1, -0.05) is 23.7 Å². The van der Waals surface area contributed by atoms with Crippen LogP contribution >= 0.6 is 11.6 Å². The van der Waals surface area contributed by atoms with Crippen molar-refractivity contribution in [2.24, 2.45) is 0 Å². The van der Waals surface area contributed by atoms with E-state index >= 15 is 0 Å². The van der Waals surface area contributed by atoms with Crippen molar-refractivity contribution in [1.29, 1.82) is 0 Å². The van der Waals surface area contributed by atoms with Gasteiger partial charge in [0.05, 0.1) is 10.9 Å². The number of nitrogens with zero attached hydrogens (tertiary/aromatic N) is 2. The number of halogens is 2. The van der Waals surface area contributed by atoms with Gasteiger partial charge in [-0.25, -0.2) is 9.37 Å². The largest absolute Gasteiger partial charge is 0.453 e. The summed E-state index contributed by atoms with van der Waals surface area (Å²) in [4.78, 5) is 33.6. The zero-order valence-corrected chi connectivity index (χ0v) is 20.4. The van der Waals surface area contributed by atoms with Crippen LogP contribution in [0, 0.1) is 5.82 Å². The zero-order chi connectivity index (χ0) is 26.2. The van der Waals surface area contributed by atoms with Gasteiger partial charge in [0, 0.05) is 46.4 Å². The van der Waals surface area contributed by atoms with Crippen molar-refractivity contribution in [1.82, 2.24) is 14.5 Å². The fourth-order valence-corrected chi connectivity index (χ4v) is 4.38. The van der Waals surface area contributed by atoms with Crippen LogP contribution in [0.5, 0.6) is 11.5 Å². The summed E-state index contributed by atoms with van der Waals surface area (Å²) in [5.41, 5.74) is 1.62. The third-order valence-corrected chi connectivity index (χ3v) is 6.34. The van der Waals surface area contributed by atoms with Gasteiger partial charge in [-0.2, -0.15) is 0 Å². The highest BCUT2D eigenvalue weighted by molar-refractivity contribution is 6.30. The maximum Gasteiger partial charge on any atom is 0.261 e. The average Bonchev–Trinajstić information content (AvgIpc) is 3.41. The molecule has 0 bridgehead atoms. The highest BCUT2D eigenvalue weighted by Crippen LogP contribution is 2.31. The first-order valence-corrected chi connectivity index (χ1v) is 12.0. The van der Waals surface area contributed by atoms with E-state index in [1.807, 2.05) is 6.07 Å². The van der Waals surface area contributed by atoms with Crippen LogP contribution < -0.4 is 15.5 Å². The number of pyridine rings is 2. The van der Waals surface area contributed by atoms with Gasteiger partial charge >= 0.3 is 0 Å². The molecule has 0 aliphatic carbocycles. The van der Waals surface area contributed by atoms with E-state index in [0.29, 0.717) is 32.7 Å². The summed E-state index contributed by atoms with van der Waals surface area (Å²) in [6.45, 7) is 0. The second-order valence-electron chi connectivity index (χ2n) is 8.49. The van der Waals surface area contributed by atoms with Crippen molar-refractivity contribution in [2.75, 3.05) is 5.32 Å². The number of para-hydroxylation sites is 1. The number of anilines is 1. The van der Waals surface area contributed by atoms with Crippen LogP contribution in [0.4, 0.5) is 10.1 Å². The van der Waals surface area contributed by atoms with Crippen molar-refractivity contribution < 1.29 is 13.9 Å². The number of benzene rings is 3. The van der Waals surface area contributed by atoms with E-state index in [-0.39, 0.29) is 17.0 Å². The number of ether oxygens (including phenoxy) is 1. The molecule has 0 aliphatic heterocycles. The quantitative estimate of drug-likeness (QED) is 0.262. The van der Waals surface area contributed by atoms with Crippen molar-refractivity contribution >= 4 is 45.1 Å². The Labute approximate surface area is 220 Å².